The van der Waals surface area contributed by atoms with Crippen molar-refractivity contribution >= 4 is 27.8 Å². The molecule has 66 valence electrons. The Morgan fingerprint density at radius 3 is 2.83 bits per heavy atom. The number of nitrogens with zero attached hydrogens (tertiary/aromatic N) is 2. The van der Waals surface area contributed by atoms with Crippen LogP contribution >= 0.6 is 15.9 Å². The van der Waals surface area contributed by atoms with Gasteiger partial charge in [-0.15, -0.1) is 0 Å². The smallest absolute Gasteiger partial charge is 0.243 e. The van der Waals surface area contributed by atoms with Crippen molar-refractivity contribution in [2.24, 2.45) is 0 Å². The van der Waals surface area contributed by atoms with Crippen LogP contribution in [0.25, 0.3) is 0 Å². The van der Waals surface area contributed by atoms with Crippen molar-refractivity contribution in [3.05, 3.63) is 6.33 Å². The van der Waals surface area contributed by atoms with Gasteiger partial charge in [-0.1, -0.05) is 15.9 Å². The summed E-state index contributed by atoms with van der Waals surface area (Å²) in [4.78, 5) is 15.0. The van der Waals surface area contributed by atoms with Gasteiger partial charge in [-0.3, -0.25) is 10.1 Å². The fraction of sp³-hybridized carbons (Fsp3) is 0.500. The van der Waals surface area contributed by atoms with Crippen molar-refractivity contribution in [1.29, 1.82) is 0 Å². The number of alkyl halides is 1. The molecule has 0 aliphatic rings. The lowest BCUT2D eigenvalue weighted by Gasteiger charge is -2.13. The van der Waals surface area contributed by atoms with Crippen molar-refractivity contribution in [3.63, 3.8) is 0 Å². The van der Waals surface area contributed by atoms with Gasteiger partial charge in [-0.05, 0) is 13.8 Å². The number of carbonyl (C=O) groups is 1. The fourth-order valence-electron chi connectivity index (χ4n) is 0.522. The van der Waals surface area contributed by atoms with E-state index in [1.54, 1.807) is 13.8 Å². The van der Waals surface area contributed by atoms with E-state index >= 15 is 0 Å². The van der Waals surface area contributed by atoms with Crippen LogP contribution in [-0.2, 0) is 4.79 Å². The molecular weight excluding hydrogens is 224 g/mol. The maximum absolute atomic E-state index is 11.3. The molecular formula is C6H9BrN4O. The number of hydrogen-bond donors (Lipinski definition) is 2. The van der Waals surface area contributed by atoms with Gasteiger partial charge in [0, 0.05) is 0 Å². The molecule has 0 atom stereocenters. The number of aromatic amines is 1. The number of hydrogen-bond acceptors (Lipinski definition) is 3. The second kappa shape index (κ2) is 3.22. The van der Waals surface area contributed by atoms with E-state index in [9.17, 15) is 4.79 Å². The third-order valence-corrected chi connectivity index (χ3v) is 1.55. The number of rotatable bonds is 2. The first-order valence-corrected chi connectivity index (χ1v) is 4.15. The van der Waals surface area contributed by atoms with Crippen LogP contribution in [0.2, 0.25) is 0 Å². The monoisotopic (exact) mass is 232 g/mol. The maximum atomic E-state index is 11.3. The Labute approximate surface area is 78.1 Å². The molecule has 5 nitrogen and oxygen atoms in total. The van der Waals surface area contributed by atoms with Gasteiger partial charge in [0.1, 0.15) is 6.33 Å². The molecule has 0 unspecified atom stereocenters. The van der Waals surface area contributed by atoms with Crippen LogP contribution in [0.5, 0.6) is 0 Å². The van der Waals surface area contributed by atoms with Gasteiger partial charge in [-0.2, -0.15) is 10.1 Å². The highest BCUT2D eigenvalue weighted by atomic mass is 79.9. The molecule has 0 saturated carbocycles. The number of amides is 1. The quantitative estimate of drug-likeness (QED) is 0.746. The number of halogens is 1. The molecule has 1 amide bonds. The molecule has 0 spiro atoms. The molecule has 0 fully saturated rings. The van der Waals surface area contributed by atoms with Crippen molar-refractivity contribution in [3.8, 4) is 0 Å². The molecule has 0 aliphatic carbocycles. The number of H-pyrrole nitrogens is 1. The van der Waals surface area contributed by atoms with Gasteiger partial charge in [0.2, 0.25) is 11.9 Å². The number of carbonyl (C=O) groups excluding carboxylic acids is 1. The molecule has 0 aliphatic heterocycles. The van der Waals surface area contributed by atoms with E-state index in [0.717, 1.165) is 0 Å². The molecule has 1 heterocycles. The van der Waals surface area contributed by atoms with Crippen LogP contribution in [0, 0.1) is 0 Å². The minimum Gasteiger partial charge on any atom is -0.294 e. The molecule has 1 rings (SSSR count). The summed E-state index contributed by atoms with van der Waals surface area (Å²) in [5, 5.41) is 8.66. The summed E-state index contributed by atoms with van der Waals surface area (Å²) >= 11 is 3.22. The zero-order chi connectivity index (χ0) is 9.19. The van der Waals surface area contributed by atoms with Gasteiger partial charge in [0.05, 0.1) is 4.32 Å². The number of nitrogens with one attached hydrogen (secondary N) is 2. The third kappa shape index (κ3) is 2.30. The zero-order valence-electron chi connectivity index (χ0n) is 6.76. The highest BCUT2D eigenvalue weighted by molar-refractivity contribution is 9.10. The van der Waals surface area contributed by atoms with Crippen molar-refractivity contribution in [1.82, 2.24) is 15.2 Å². The van der Waals surface area contributed by atoms with Crippen LogP contribution in [0.3, 0.4) is 0 Å². The summed E-state index contributed by atoms with van der Waals surface area (Å²) in [6, 6.07) is 0. The van der Waals surface area contributed by atoms with Crippen LogP contribution in [0.15, 0.2) is 6.33 Å². The zero-order valence-corrected chi connectivity index (χ0v) is 8.34. The van der Waals surface area contributed by atoms with Gasteiger partial charge >= 0.3 is 0 Å². The Bertz CT molecular complexity index is 264. The van der Waals surface area contributed by atoms with E-state index < -0.39 is 4.32 Å². The van der Waals surface area contributed by atoms with Gasteiger partial charge < -0.3 is 0 Å². The summed E-state index contributed by atoms with van der Waals surface area (Å²) in [6.45, 7) is 3.50. The van der Waals surface area contributed by atoms with E-state index in [1.807, 2.05) is 0 Å². The SMILES string of the molecule is CC(C)(Br)C(=O)Nc1ncn[nH]1. The number of anilines is 1. The predicted octanol–water partition coefficient (Wildman–Crippen LogP) is 0.917. The summed E-state index contributed by atoms with van der Waals surface area (Å²) in [7, 11) is 0. The molecule has 0 bridgehead atoms. The molecule has 1 aromatic heterocycles. The van der Waals surface area contributed by atoms with Crippen molar-refractivity contribution in [2.75, 3.05) is 5.32 Å². The van der Waals surface area contributed by atoms with E-state index in [-0.39, 0.29) is 5.91 Å². The topological polar surface area (TPSA) is 70.7 Å². The Balaban J connectivity index is 2.60. The average Bonchev–Trinajstić information content (AvgIpc) is 2.37. The lowest BCUT2D eigenvalue weighted by molar-refractivity contribution is -0.117. The lowest BCUT2D eigenvalue weighted by Crippen LogP contribution is -2.31. The van der Waals surface area contributed by atoms with Crippen molar-refractivity contribution in [2.45, 2.75) is 18.2 Å². The van der Waals surface area contributed by atoms with E-state index in [4.69, 9.17) is 0 Å². The molecule has 0 saturated heterocycles. The normalized spacial score (nSPS) is 11.2. The second-order valence-corrected chi connectivity index (χ2v) is 4.74. The standard InChI is InChI=1S/C6H9BrN4O/c1-6(2,7)4(12)10-5-8-3-9-11-5/h3H,1-2H3,(H2,8,9,10,11,12). The van der Waals surface area contributed by atoms with Gasteiger partial charge in [0.15, 0.2) is 0 Å². The third-order valence-electron chi connectivity index (χ3n) is 1.19. The van der Waals surface area contributed by atoms with Crippen LogP contribution in [0.4, 0.5) is 5.95 Å². The minimum absolute atomic E-state index is 0.167. The molecule has 6 heteroatoms. The molecule has 12 heavy (non-hydrogen) atoms. The summed E-state index contributed by atoms with van der Waals surface area (Å²) < 4.78 is -0.597. The second-order valence-electron chi connectivity index (χ2n) is 2.76. The first-order chi connectivity index (χ1) is 5.50. The minimum atomic E-state index is -0.597. The Kier molecular flexibility index (Phi) is 2.46. The summed E-state index contributed by atoms with van der Waals surface area (Å²) in [5.74, 6) is 0.187. The summed E-state index contributed by atoms with van der Waals surface area (Å²) in [5.41, 5.74) is 0. The van der Waals surface area contributed by atoms with Gasteiger partial charge in [-0.25, -0.2) is 5.10 Å². The molecule has 0 aromatic carbocycles. The highest BCUT2D eigenvalue weighted by Crippen LogP contribution is 2.16. The maximum Gasteiger partial charge on any atom is 0.243 e. The van der Waals surface area contributed by atoms with Crippen LogP contribution < -0.4 is 5.32 Å². The highest BCUT2D eigenvalue weighted by Gasteiger charge is 2.23. The first kappa shape index (κ1) is 9.18. The lowest BCUT2D eigenvalue weighted by atomic mass is 10.2. The van der Waals surface area contributed by atoms with Crippen LogP contribution in [0.1, 0.15) is 13.8 Å². The molecule has 1 aromatic rings. The Morgan fingerprint density at radius 2 is 2.42 bits per heavy atom. The largest absolute Gasteiger partial charge is 0.294 e. The Morgan fingerprint density at radius 1 is 1.75 bits per heavy atom. The first-order valence-electron chi connectivity index (χ1n) is 3.36. The molecule has 0 radical (unpaired) electrons. The number of aromatic nitrogens is 3. The average molecular weight is 233 g/mol. The van der Waals surface area contributed by atoms with E-state index in [0.29, 0.717) is 5.95 Å². The fourth-order valence-corrected chi connectivity index (χ4v) is 0.621. The molecule has 2 N–H and O–H groups in total. The van der Waals surface area contributed by atoms with Crippen LogP contribution in [-0.4, -0.2) is 25.4 Å². The van der Waals surface area contributed by atoms with Gasteiger partial charge in [0.25, 0.3) is 0 Å². The predicted molar refractivity (Wildman–Crippen MR) is 48.0 cm³/mol. The van der Waals surface area contributed by atoms with E-state index in [2.05, 4.69) is 36.4 Å². The van der Waals surface area contributed by atoms with E-state index in [1.165, 1.54) is 6.33 Å². The Hall–Kier alpha value is -0.910. The summed E-state index contributed by atoms with van der Waals surface area (Å²) in [6.07, 6.45) is 1.33. The van der Waals surface area contributed by atoms with Crippen molar-refractivity contribution < 1.29 is 4.79 Å².